The number of hydrogen-bond acceptors (Lipinski definition) is 5. The fraction of sp³-hybridized carbons (Fsp3) is 0.526. The number of nitrogens with zero attached hydrogens (tertiary/aromatic N) is 5. The van der Waals surface area contributed by atoms with Gasteiger partial charge in [0.25, 0.3) is 5.91 Å². The molecule has 0 N–H and O–H groups in total. The summed E-state index contributed by atoms with van der Waals surface area (Å²) in [5.41, 5.74) is 2.81. The van der Waals surface area contributed by atoms with Crippen LogP contribution in [0.1, 0.15) is 40.6 Å². The van der Waals surface area contributed by atoms with E-state index in [1.54, 1.807) is 24.0 Å². The van der Waals surface area contributed by atoms with Crippen molar-refractivity contribution in [3.63, 3.8) is 0 Å². The van der Waals surface area contributed by atoms with E-state index in [2.05, 4.69) is 27.1 Å². The van der Waals surface area contributed by atoms with Crippen LogP contribution in [0.3, 0.4) is 0 Å². The minimum Gasteiger partial charge on any atom is -0.379 e. The first-order valence-corrected chi connectivity index (χ1v) is 9.26. The summed E-state index contributed by atoms with van der Waals surface area (Å²) in [6, 6.07) is 6.05. The van der Waals surface area contributed by atoms with Crippen LogP contribution in [-0.2, 0) is 18.3 Å². The van der Waals surface area contributed by atoms with Gasteiger partial charge in [-0.1, -0.05) is 6.07 Å². The summed E-state index contributed by atoms with van der Waals surface area (Å²) in [6.45, 7) is 5.22. The Morgan fingerprint density at radius 2 is 2.08 bits per heavy atom. The lowest BCUT2D eigenvalue weighted by Gasteiger charge is -2.27. The number of rotatable bonds is 4. The zero-order chi connectivity index (χ0) is 17.9. The quantitative estimate of drug-likeness (QED) is 0.834. The fourth-order valence-electron chi connectivity index (χ4n) is 3.79. The summed E-state index contributed by atoms with van der Waals surface area (Å²) in [6.07, 6.45) is 5.58. The van der Waals surface area contributed by atoms with Crippen molar-refractivity contribution >= 4 is 5.91 Å². The van der Waals surface area contributed by atoms with Gasteiger partial charge in [-0.15, -0.1) is 0 Å². The molecule has 0 spiro atoms. The Kier molecular flexibility index (Phi) is 4.99. The minimum absolute atomic E-state index is 0.0340. The number of likely N-dealkylation sites (tertiary alicyclic amines) is 1. The highest BCUT2D eigenvalue weighted by Gasteiger charge is 2.32. The Balaban J connectivity index is 1.46. The van der Waals surface area contributed by atoms with E-state index in [4.69, 9.17) is 4.74 Å². The molecule has 7 nitrogen and oxygen atoms in total. The van der Waals surface area contributed by atoms with Gasteiger partial charge >= 0.3 is 0 Å². The van der Waals surface area contributed by atoms with E-state index < -0.39 is 0 Å². The average molecular weight is 355 g/mol. The molecule has 0 radical (unpaired) electrons. The molecule has 138 valence electrons. The molecule has 4 heterocycles. The predicted molar refractivity (Wildman–Crippen MR) is 96.6 cm³/mol. The lowest BCUT2D eigenvalue weighted by molar-refractivity contribution is 0.0341. The Morgan fingerprint density at radius 1 is 1.23 bits per heavy atom. The molecule has 2 aliphatic heterocycles. The number of carbonyl (C=O) groups excluding carboxylic acids is 1. The van der Waals surface area contributed by atoms with Gasteiger partial charge in [-0.25, -0.2) is 0 Å². The Bertz CT molecular complexity index is 752. The van der Waals surface area contributed by atoms with Crippen LogP contribution >= 0.6 is 0 Å². The van der Waals surface area contributed by atoms with E-state index in [1.165, 1.54) is 5.56 Å². The molecular formula is C19H25N5O2. The molecule has 7 heteroatoms. The van der Waals surface area contributed by atoms with Crippen molar-refractivity contribution in [2.45, 2.75) is 25.4 Å². The second kappa shape index (κ2) is 7.55. The zero-order valence-corrected chi connectivity index (χ0v) is 15.2. The number of amides is 1. The van der Waals surface area contributed by atoms with Crippen molar-refractivity contribution < 1.29 is 9.53 Å². The van der Waals surface area contributed by atoms with Crippen LogP contribution in [0.5, 0.6) is 0 Å². The molecule has 4 rings (SSSR count). The smallest absolute Gasteiger partial charge is 0.272 e. The van der Waals surface area contributed by atoms with E-state index in [0.29, 0.717) is 5.69 Å². The Hall–Kier alpha value is -2.25. The highest BCUT2D eigenvalue weighted by Crippen LogP contribution is 2.32. The van der Waals surface area contributed by atoms with Crippen molar-refractivity contribution in [2.24, 2.45) is 7.05 Å². The summed E-state index contributed by atoms with van der Waals surface area (Å²) in [7, 11) is 1.80. The van der Waals surface area contributed by atoms with Crippen LogP contribution in [-0.4, -0.2) is 63.3 Å². The summed E-state index contributed by atoms with van der Waals surface area (Å²) >= 11 is 0. The standard InChI is InChI=1S/C19H25N5O2/c1-22-18(6-7-21-22)19(25)24-8-2-3-17(24)16-5-4-15(13-20-16)14-23-9-11-26-12-10-23/h4-7,13,17H,2-3,8-12,14H2,1H3. The number of carbonyl (C=O) groups is 1. The summed E-state index contributed by atoms with van der Waals surface area (Å²) in [5.74, 6) is 0.0340. The third-order valence-electron chi connectivity index (χ3n) is 5.25. The molecule has 1 atom stereocenters. The molecule has 2 aliphatic rings. The molecular weight excluding hydrogens is 330 g/mol. The number of hydrogen-bond donors (Lipinski definition) is 0. The monoisotopic (exact) mass is 355 g/mol. The van der Waals surface area contributed by atoms with Gasteiger partial charge in [-0.3, -0.25) is 19.4 Å². The van der Waals surface area contributed by atoms with Crippen LogP contribution in [0, 0.1) is 0 Å². The SMILES string of the molecule is Cn1nccc1C(=O)N1CCCC1c1ccc(CN2CCOCC2)cn1. The lowest BCUT2D eigenvalue weighted by Crippen LogP contribution is -2.35. The topological polar surface area (TPSA) is 63.5 Å². The molecule has 0 aliphatic carbocycles. The summed E-state index contributed by atoms with van der Waals surface area (Å²) in [5, 5.41) is 4.11. The Labute approximate surface area is 153 Å². The summed E-state index contributed by atoms with van der Waals surface area (Å²) in [4.78, 5) is 21.9. The number of morpholine rings is 1. The Morgan fingerprint density at radius 3 is 2.77 bits per heavy atom. The van der Waals surface area contributed by atoms with Crippen LogP contribution in [0.2, 0.25) is 0 Å². The first kappa shape index (κ1) is 17.2. The van der Waals surface area contributed by atoms with E-state index in [-0.39, 0.29) is 11.9 Å². The third kappa shape index (κ3) is 3.50. The van der Waals surface area contributed by atoms with E-state index in [1.807, 2.05) is 11.1 Å². The van der Waals surface area contributed by atoms with E-state index in [0.717, 1.165) is 57.9 Å². The van der Waals surface area contributed by atoms with Crippen molar-refractivity contribution in [1.29, 1.82) is 0 Å². The number of ether oxygens (including phenoxy) is 1. The maximum Gasteiger partial charge on any atom is 0.272 e. The van der Waals surface area contributed by atoms with Crippen molar-refractivity contribution in [2.75, 3.05) is 32.8 Å². The van der Waals surface area contributed by atoms with Crippen molar-refractivity contribution in [3.05, 3.63) is 47.5 Å². The molecule has 1 amide bonds. The number of aromatic nitrogens is 3. The maximum atomic E-state index is 12.9. The molecule has 26 heavy (non-hydrogen) atoms. The van der Waals surface area contributed by atoms with Gasteiger partial charge in [0.1, 0.15) is 5.69 Å². The largest absolute Gasteiger partial charge is 0.379 e. The van der Waals surface area contributed by atoms with Crippen LogP contribution in [0.25, 0.3) is 0 Å². The van der Waals surface area contributed by atoms with E-state index >= 15 is 0 Å². The van der Waals surface area contributed by atoms with Gasteiger partial charge in [-0.05, 0) is 30.5 Å². The van der Waals surface area contributed by atoms with Gasteiger partial charge in [-0.2, -0.15) is 5.10 Å². The van der Waals surface area contributed by atoms with Gasteiger partial charge in [0.15, 0.2) is 0 Å². The maximum absolute atomic E-state index is 12.9. The molecule has 2 aromatic rings. The minimum atomic E-state index is 0.0340. The molecule has 0 aromatic carbocycles. The highest BCUT2D eigenvalue weighted by atomic mass is 16.5. The molecule has 0 saturated carbocycles. The van der Waals surface area contributed by atoms with Crippen LogP contribution < -0.4 is 0 Å². The molecule has 2 fully saturated rings. The van der Waals surface area contributed by atoms with Gasteiger partial charge in [0.05, 0.1) is 24.9 Å². The van der Waals surface area contributed by atoms with Crippen molar-refractivity contribution in [1.82, 2.24) is 24.6 Å². The first-order chi connectivity index (χ1) is 12.7. The zero-order valence-electron chi connectivity index (χ0n) is 15.2. The third-order valence-corrected chi connectivity index (χ3v) is 5.25. The van der Waals surface area contributed by atoms with Crippen LogP contribution in [0.15, 0.2) is 30.6 Å². The molecule has 1 unspecified atom stereocenters. The number of pyridine rings is 1. The van der Waals surface area contributed by atoms with Gasteiger partial charge in [0, 0.05) is 45.6 Å². The van der Waals surface area contributed by atoms with Gasteiger partial charge in [0.2, 0.25) is 0 Å². The number of aryl methyl sites for hydroxylation is 1. The van der Waals surface area contributed by atoms with E-state index in [9.17, 15) is 4.79 Å². The summed E-state index contributed by atoms with van der Waals surface area (Å²) < 4.78 is 7.03. The van der Waals surface area contributed by atoms with Crippen LogP contribution in [0.4, 0.5) is 0 Å². The molecule has 2 saturated heterocycles. The highest BCUT2D eigenvalue weighted by molar-refractivity contribution is 5.93. The second-order valence-corrected chi connectivity index (χ2v) is 6.98. The molecule has 2 aromatic heterocycles. The first-order valence-electron chi connectivity index (χ1n) is 9.26. The normalized spacial score (nSPS) is 21.3. The average Bonchev–Trinajstić information content (AvgIpc) is 3.32. The van der Waals surface area contributed by atoms with Gasteiger partial charge < -0.3 is 9.64 Å². The molecule has 0 bridgehead atoms. The lowest BCUT2D eigenvalue weighted by atomic mass is 10.1. The van der Waals surface area contributed by atoms with Crippen molar-refractivity contribution in [3.8, 4) is 0 Å². The second-order valence-electron chi connectivity index (χ2n) is 6.98. The predicted octanol–water partition coefficient (Wildman–Crippen LogP) is 1.62. The fourth-order valence-corrected chi connectivity index (χ4v) is 3.79.